The molecule has 1 aliphatic heterocycles. The van der Waals surface area contributed by atoms with Crippen molar-refractivity contribution in [2.75, 3.05) is 25.1 Å². The first-order valence-electron chi connectivity index (χ1n) is 6.38. The molecule has 1 amide bonds. The molecule has 0 aromatic carbocycles. The van der Waals surface area contributed by atoms with E-state index in [1.165, 1.54) is 12.3 Å². The standard InChI is InChI=1S/C12H16N4O5/c1-21-9-4-8(5-14-6-9)15(12(17)18)10-2-3-13-7-11(10)16(19)20/h2-3,7-9,14H,4-6H2,1H3,(H,17,18)/t8-,9+/m0/s1. The molecule has 9 heteroatoms. The summed E-state index contributed by atoms with van der Waals surface area (Å²) in [6.45, 7) is 1.03. The van der Waals surface area contributed by atoms with Crippen LogP contribution in [0, 0.1) is 10.1 Å². The number of rotatable bonds is 4. The number of pyridine rings is 1. The van der Waals surface area contributed by atoms with Crippen LogP contribution in [0.5, 0.6) is 0 Å². The lowest BCUT2D eigenvalue weighted by molar-refractivity contribution is -0.384. The molecule has 114 valence electrons. The predicted molar refractivity (Wildman–Crippen MR) is 73.5 cm³/mol. The maximum atomic E-state index is 11.6. The van der Waals surface area contributed by atoms with Crippen molar-refractivity contribution in [3.8, 4) is 0 Å². The van der Waals surface area contributed by atoms with Gasteiger partial charge in [-0.1, -0.05) is 0 Å². The third-order valence-corrected chi connectivity index (χ3v) is 3.43. The molecule has 21 heavy (non-hydrogen) atoms. The van der Waals surface area contributed by atoms with E-state index in [0.717, 1.165) is 11.1 Å². The molecular weight excluding hydrogens is 280 g/mol. The number of anilines is 1. The van der Waals surface area contributed by atoms with Gasteiger partial charge in [0.2, 0.25) is 0 Å². The molecule has 1 aliphatic rings. The monoisotopic (exact) mass is 296 g/mol. The summed E-state index contributed by atoms with van der Waals surface area (Å²) < 4.78 is 5.24. The van der Waals surface area contributed by atoms with Crippen molar-refractivity contribution < 1.29 is 19.6 Å². The van der Waals surface area contributed by atoms with Crippen LogP contribution in [0.15, 0.2) is 18.5 Å². The van der Waals surface area contributed by atoms with Gasteiger partial charge in [-0.15, -0.1) is 0 Å². The number of methoxy groups -OCH3 is 1. The first-order valence-corrected chi connectivity index (χ1v) is 6.38. The fourth-order valence-corrected chi connectivity index (χ4v) is 2.44. The fourth-order valence-electron chi connectivity index (χ4n) is 2.44. The van der Waals surface area contributed by atoms with Crippen molar-refractivity contribution in [3.05, 3.63) is 28.6 Å². The molecule has 2 N–H and O–H groups in total. The van der Waals surface area contributed by atoms with E-state index in [4.69, 9.17) is 4.74 Å². The Morgan fingerprint density at radius 3 is 3.00 bits per heavy atom. The number of piperidine rings is 1. The summed E-state index contributed by atoms with van der Waals surface area (Å²) >= 11 is 0. The Hall–Kier alpha value is -2.26. The van der Waals surface area contributed by atoms with Gasteiger partial charge in [0, 0.05) is 26.4 Å². The number of carbonyl (C=O) groups is 1. The lowest BCUT2D eigenvalue weighted by atomic mass is 10.0. The molecule has 0 unspecified atom stereocenters. The van der Waals surface area contributed by atoms with Gasteiger partial charge >= 0.3 is 11.8 Å². The van der Waals surface area contributed by atoms with Crippen molar-refractivity contribution in [1.82, 2.24) is 10.3 Å². The van der Waals surface area contributed by atoms with Crippen LogP contribution >= 0.6 is 0 Å². The van der Waals surface area contributed by atoms with Crippen LogP contribution in [0.25, 0.3) is 0 Å². The molecule has 2 rings (SSSR count). The molecule has 0 bridgehead atoms. The summed E-state index contributed by atoms with van der Waals surface area (Å²) in [7, 11) is 1.55. The highest BCUT2D eigenvalue weighted by atomic mass is 16.6. The molecule has 0 radical (unpaired) electrons. The van der Waals surface area contributed by atoms with Crippen LogP contribution in [0.2, 0.25) is 0 Å². The smallest absolute Gasteiger partial charge is 0.412 e. The van der Waals surface area contributed by atoms with Gasteiger partial charge in [-0.3, -0.25) is 20.0 Å². The average Bonchev–Trinajstić information content (AvgIpc) is 2.47. The largest absolute Gasteiger partial charge is 0.465 e. The fraction of sp³-hybridized carbons (Fsp3) is 0.500. The normalized spacial score (nSPS) is 21.8. The van der Waals surface area contributed by atoms with Gasteiger partial charge in [-0.05, 0) is 12.5 Å². The second-order valence-corrected chi connectivity index (χ2v) is 4.68. The van der Waals surface area contributed by atoms with Gasteiger partial charge in [-0.2, -0.15) is 0 Å². The van der Waals surface area contributed by atoms with Crippen LogP contribution in [-0.2, 0) is 4.74 Å². The van der Waals surface area contributed by atoms with E-state index in [-0.39, 0.29) is 17.5 Å². The molecule has 9 nitrogen and oxygen atoms in total. The number of carboxylic acid groups (broad SMARTS) is 1. The quantitative estimate of drug-likeness (QED) is 0.624. The molecule has 1 aromatic heterocycles. The van der Waals surface area contributed by atoms with E-state index in [9.17, 15) is 20.0 Å². The topological polar surface area (TPSA) is 118 Å². The SMILES string of the molecule is CO[C@H]1CNC[C@@H](N(C(=O)O)c2ccncc2[N+](=O)[O-])C1. The summed E-state index contributed by atoms with van der Waals surface area (Å²) in [6.07, 6.45) is 1.48. The molecule has 0 spiro atoms. The molecule has 2 atom stereocenters. The molecule has 1 fully saturated rings. The summed E-state index contributed by atoms with van der Waals surface area (Å²) in [5.74, 6) is 0. The number of amides is 1. The van der Waals surface area contributed by atoms with E-state index in [0.29, 0.717) is 19.5 Å². The zero-order valence-electron chi connectivity index (χ0n) is 11.4. The van der Waals surface area contributed by atoms with Gasteiger partial charge in [0.05, 0.1) is 17.1 Å². The highest BCUT2D eigenvalue weighted by molar-refractivity contribution is 5.89. The van der Waals surface area contributed by atoms with E-state index >= 15 is 0 Å². The van der Waals surface area contributed by atoms with Gasteiger partial charge < -0.3 is 15.2 Å². The van der Waals surface area contributed by atoms with Gasteiger partial charge in [-0.25, -0.2) is 4.79 Å². The number of nitrogens with one attached hydrogen (secondary N) is 1. The number of hydrogen-bond donors (Lipinski definition) is 2. The zero-order valence-corrected chi connectivity index (χ0v) is 11.4. The first kappa shape index (κ1) is 15.1. The maximum Gasteiger partial charge on any atom is 0.412 e. The second kappa shape index (κ2) is 6.46. The van der Waals surface area contributed by atoms with Crippen LogP contribution in [0.1, 0.15) is 6.42 Å². The highest BCUT2D eigenvalue weighted by Gasteiger charge is 2.34. The minimum atomic E-state index is -1.24. The van der Waals surface area contributed by atoms with Crippen LogP contribution < -0.4 is 10.2 Å². The molecule has 2 heterocycles. The third-order valence-electron chi connectivity index (χ3n) is 3.43. The van der Waals surface area contributed by atoms with Crippen LogP contribution in [0.3, 0.4) is 0 Å². The van der Waals surface area contributed by atoms with Crippen LogP contribution in [0.4, 0.5) is 16.2 Å². The third kappa shape index (κ3) is 3.26. The van der Waals surface area contributed by atoms with Crippen molar-refractivity contribution in [2.24, 2.45) is 0 Å². The Balaban J connectivity index is 2.35. The van der Waals surface area contributed by atoms with Crippen molar-refractivity contribution in [3.63, 3.8) is 0 Å². The van der Waals surface area contributed by atoms with Gasteiger partial charge in [0.15, 0.2) is 0 Å². The van der Waals surface area contributed by atoms with E-state index < -0.39 is 17.1 Å². The Morgan fingerprint density at radius 2 is 2.38 bits per heavy atom. The lowest BCUT2D eigenvalue weighted by Gasteiger charge is -2.35. The Kier molecular flexibility index (Phi) is 4.66. The second-order valence-electron chi connectivity index (χ2n) is 4.68. The Morgan fingerprint density at radius 1 is 1.62 bits per heavy atom. The molecule has 1 aromatic rings. The van der Waals surface area contributed by atoms with E-state index in [1.54, 1.807) is 7.11 Å². The molecule has 0 saturated carbocycles. The Labute approximate surface area is 120 Å². The van der Waals surface area contributed by atoms with Crippen molar-refractivity contribution in [2.45, 2.75) is 18.6 Å². The van der Waals surface area contributed by atoms with Crippen molar-refractivity contribution >= 4 is 17.5 Å². The maximum absolute atomic E-state index is 11.6. The van der Waals surface area contributed by atoms with Crippen LogP contribution in [-0.4, -0.2) is 53.5 Å². The number of hydrogen-bond acceptors (Lipinski definition) is 6. The number of nitro groups is 1. The minimum Gasteiger partial charge on any atom is -0.465 e. The highest BCUT2D eigenvalue weighted by Crippen LogP contribution is 2.30. The van der Waals surface area contributed by atoms with Gasteiger partial charge in [0.25, 0.3) is 0 Å². The number of aromatic nitrogens is 1. The lowest BCUT2D eigenvalue weighted by Crippen LogP contribution is -2.53. The molecule has 1 saturated heterocycles. The number of nitrogens with zero attached hydrogens (tertiary/aromatic N) is 3. The summed E-state index contributed by atoms with van der Waals surface area (Å²) in [4.78, 5) is 26.7. The Bertz CT molecular complexity index is 538. The van der Waals surface area contributed by atoms with Gasteiger partial charge in [0.1, 0.15) is 11.9 Å². The molecule has 0 aliphatic carbocycles. The molecular formula is C12H16N4O5. The number of ether oxygens (including phenoxy) is 1. The summed E-state index contributed by atoms with van der Waals surface area (Å²) in [5, 5.41) is 23.6. The predicted octanol–water partition coefficient (Wildman–Crippen LogP) is 0.851. The van der Waals surface area contributed by atoms with E-state index in [2.05, 4.69) is 10.3 Å². The first-order chi connectivity index (χ1) is 10.0. The zero-order chi connectivity index (χ0) is 15.4. The van der Waals surface area contributed by atoms with Crippen molar-refractivity contribution in [1.29, 1.82) is 0 Å². The summed E-state index contributed by atoms with van der Waals surface area (Å²) in [5.41, 5.74) is -0.314. The van der Waals surface area contributed by atoms with E-state index in [1.807, 2.05) is 0 Å². The average molecular weight is 296 g/mol. The minimum absolute atomic E-state index is 0.0195. The summed E-state index contributed by atoms with van der Waals surface area (Å²) in [6, 6.07) is 0.894.